The molecule has 1 aromatic heterocycles. The van der Waals surface area contributed by atoms with E-state index in [4.69, 9.17) is 25.8 Å². The van der Waals surface area contributed by atoms with Crippen molar-refractivity contribution in [3.05, 3.63) is 39.8 Å². The summed E-state index contributed by atoms with van der Waals surface area (Å²) in [5, 5.41) is 10.6. The molecule has 8 nitrogen and oxygen atoms in total. The number of nitrogens with zero attached hydrogens (tertiary/aromatic N) is 3. The molecule has 0 aliphatic carbocycles. The van der Waals surface area contributed by atoms with Crippen LogP contribution in [-0.4, -0.2) is 21.7 Å². The lowest BCUT2D eigenvalue weighted by atomic mass is 10.3. The smallest absolute Gasteiger partial charge is 0.368 e. The van der Waals surface area contributed by atoms with E-state index in [-0.39, 0.29) is 17.8 Å². The summed E-state index contributed by atoms with van der Waals surface area (Å²) in [4.78, 5) is 17.5. The van der Waals surface area contributed by atoms with Crippen LogP contribution in [0.4, 0.5) is 5.69 Å². The fraction of sp³-hybridized carbons (Fsp3) is 0.0909. The number of hydrogen-bond acceptors (Lipinski definition) is 7. The second-order valence-corrected chi connectivity index (χ2v) is 4.05. The predicted molar refractivity (Wildman–Crippen MR) is 66.3 cm³/mol. The molecule has 9 heteroatoms. The van der Waals surface area contributed by atoms with E-state index in [0.717, 1.165) is 6.33 Å². The van der Waals surface area contributed by atoms with Crippen LogP contribution in [0.25, 0.3) is 0 Å². The lowest BCUT2D eigenvalue weighted by Crippen LogP contribution is -1.98. The summed E-state index contributed by atoms with van der Waals surface area (Å²) in [6.45, 7) is 0.123. The maximum atomic E-state index is 10.9. The third kappa shape index (κ3) is 2.16. The lowest BCUT2D eigenvalue weighted by Gasteiger charge is -2.06. The number of rotatable bonds is 3. The second-order valence-electron chi connectivity index (χ2n) is 3.69. The van der Waals surface area contributed by atoms with Gasteiger partial charge in [0.1, 0.15) is 12.1 Å². The topological polar surface area (TPSA) is 96.6 Å². The third-order valence-corrected chi connectivity index (χ3v) is 2.76. The van der Waals surface area contributed by atoms with Crippen LogP contribution in [0.3, 0.4) is 0 Å². The van der Waals surface area contributed by atoms with Crippen molar-refractivity contribution >= 4 is 17.3 Å². The van der Waals surface area contributed by atoms with Crippen molar-refractivity contribution in [2.75, 3.05) is 6.79 Å². The predicted octanol–water partition coefficient (Wildman–Crippen LogP) is 2.56. The Labute approximate surface area is 117 Å². The van der Waals surface area contributed by atoms with Gasteiger partial charge >= 0.3 is 11.6 Å². The molecule has 0 unspecified atom stereocenters. The average molecular weight is 296 g/mol. The van der Waals surface area contributed by atoms with Gasteiger partial charge in [-0.1, -0.05) is 11.6 Å². The first kappa shape index (κ1) is 12.4. The van der Waals surface area contributed by atoms with Crippen molar-refractivity contribution in [1.29, 1.82) is 0 Å². The van der Waals surface area contributed by atoms with Gasteiger partial charge in [0, 0.05) is 6.07 Å². The number of halogens is 1. The molecule has 1 aliphatic heterocycles. The van der Waals surface area contributed by atoms with Gasteiger partial charge in [-0.2, -0.15) is 4.98 Å². The number of aromatic nitrogens is 2. The molecule has 0 radical (unpaired) electrons. The molecule has 0 bridgehead atoms. The first-order valence-corrected chi connectivity index (χ1v) is 5.75. The van der Waals surface area contributed by atoms with Crippen LogP contribution in [0.2, 0.25) is 5.15 Å². The van der Waals surface area contributed by atoms with E-state index in [9.17, 15) is 10.1 Å². The summed E-state index contributed by atoms with van der Waals surface area (Å²) in [6, 6.07) is 4.75. The van der Waals surface area contributed by atoms with Crippen LogP contribution >= 0.6 is 11.6 Å². The number of fused-ring (bicyclic) bond motifs is 1. The minimum absolute atomic E-state index is 0.123. The number of benzene rings is 1. The molecule has 2 heterocycles. The summed E-state index contributed by atoms with van der Waals surface area (Å²) in [5.41, 5.74) is -0.494. The molecule has 0 N–H and O–H groups in total. The van der Waals surface area contributed by atoms with E-state index in [2.05, 4.69) is 9.97 Å². The summed E-state index contributed by atoms with van der Waals surface area (Å²) >= 11 is 5.67. The Morgan fingerprint density at radius 1 is 1.30 bits per heavy atom. The van der Waals surface area contributed by atoms with Gasteiger partial charge in [-0.15, -0.1) is 0 Å². The monoisotopic (exact) mass is 295 g/mol. The van der Waals surface area contributed by atoms with Gasteiger partial charge in [0.05, 0.1) is 4.92 Å². The molecule has 0 saturated heterocycles. The number of nitro groups is 1. The SMILES string of the molecule is O=[N+]([O-])c1c(Cl)ncnc1Oc1ccc2c(c1)OCO2. The van der Waals surface area contributed by atoms with E-state index in [0.29, 0.717) is 17.2 Å². The zero-order valence-electron chi connectivity index (χ0n) is 9.78. The zero-order valence-corrected chi connectivity index (χ0v) is 10.5. The summed E-state index contributed by atoms with van der Waals surface area (Å²) in [5.74, 6) is 1.14. The highest BCUT2D eigenvalue weighted by Gasteiger charge is 2.24. The van der Waals surface area contributed by atoms with Crippen molar-refractivity contribution in [2.45, 2.75) is 0 Å². The molecular formula is C11H6ClN3O5. The van der Waals surface area contributed by atoms with E-state index in [1.807, 2.05) is 0 Å². The van der Waals surface area contributed by atoms with E-state index in [1.54, 1.807) is 18.2 Å². The molecule has 2 aromatic rings. The Kier molecular flexibility index (Phi) is 2.99. The quantitative estimate of drug-likeness (QED) is 0.487. The van der Waals surface area contributed by atoms with Crippen LogP contribution in [0.15, 0.2) is 24.5 Å². The normalized spacial score (nSPS) is 12.2. The van der Waals surface area contributed by atoms with E-state index in [1.165, 1.54) is 0 Å². The van der Waals surface area contributed by atoms with Crippen molar-refractivity contribution in [1.82, 2.24) is 9.97 Å². The van der Waals surface area contributed by atoms with Crippen molar-refractivity contribution in [3.63, 3.8) is 0 Å². The largest absolute Gasteiger partial charge is 0.454 e. The Morgan fingerprint density at radius 3 is 2.90 bits per heavy atom. The van der Waals surface area contributed by atoms with E-state index >= 15 is 0 Å². The maximum Gasteiger partial charge on any atom is 0.368 e. The van der Waals surface area contributed by atoms with Crippen LogP contribution in [-0.2, 0) is 0 Å². The van der Waals surface area contributed by atoms with Crippen LogP contribution in [0.5, 0.6) is 23.1 Å². The van der Waals surface area contributed by atoms with Gasteiger partial charge in [0.15, 0.2) is 11.5 Å². The molecular weight excluding hydrogens is 290 g/mol. The molecule has 0 atom stereocenters. The Morgan fingerprint density at radius 2 is 2.10 bits per heavy atom. The Bertz CT molecular complexity index is 694. The summed E-state index contributed by atoms with van der Waals surface area (Å²) in [6.07, 6.45) is 1.08. The van der Waals surface area contributed by atoms with Gasteiger partial charge in [-0.25, -0.2) is 4.98 Å². The van der Waals surface area contributed by atoms with Crippen LogP contribution in [0.1, 0.15) is 0 Å². The lowest BCUT2D eigenvalue weighted by molar-refractivity contribution is -0.386. The summed E-state index contributed by atoms with van der Waals surface area (Å²) < 4.78 is 15.7. The molecule has 20 heavy (non-hydrogen) atoms. The minimum atomic E-state index is -0.704. The average Bonchev–Trinajstić information content (AvgIpc) is 2.85. The molecule has 102 valence electrons. The summed E-state index contributed by atoms with van der Waals surface area (Å²) in [7, 11) is 0. The van der Waals surface area contributed by atoms with Crippen molar-refractivity contribution in [3.8, 4) is 23.1 Å². The van der Waals surface area contributed by atoms with Crippen LogP contribution in [0, 0.1) is 10.1 Å². The van der Waals surface area contributed by atoms with Gasteiger partial charge in [0.2, 0.25) is 11.9 Å². The van der Waals surface area contributed by atoms with Crippen molar-refractivity contribution in [2.24, 2.45) is 0 Å². The molecule has 0 saturated carbocycles. The van der Waals surface area contributed by atoms with Gasteiger partial charge in [0.25, 0.3) is 0 Å². The molecule has 0 spiro atoms. The molecule has 1 aliphatic rings. The third-order valence-electron chi connectivity index (χ3n) is 2.49. The number of hydrogen-bond donors (Lipinski definition) is 0. The highest BCUT2D eigenvalue weighted by Crippen LogP contribution is 2.38. The zero-order chi connectivity index (χ0) is 14.1. The van der Waals surface area contributed by atoms with Crippen LogP contribution < -0.4 is 14.2 Å². The van der Waals surface area contributed by atoms with E-state index < -0.39 is 10.6 Å². The Balaban J connectivity index is 1.95. The Hall–Kier alpha value is -2.61. The van der Waals surface area contributed by atoms with Gasteiger partial charge in [-0.05, 0) is 12.1 Å². The highest BCUT2D eigenvalue weighted by molar-refractivity contribution is 6.31. The first-order chi connectivity index (χ1) is 9.65. The molecule has 3 rings (SSSR count). The van der Waals surface area contributed by atoms with Crippen molar-refractivity contribution < 1.29 is 19.1 Å². The first-order valence-electron chi connectivity index (χ1n) is 5.37. The molecule has 1 aromatic carbocycles. The molecule has 0 amide bonds. The van der Waals surface area contributed by atoms with Gasteiger partial charge < -0.3 is 14.2 Å². The standard InChI is InChI=1S/C11H6ClN3O5/c12-10-9(15(16)17)11(14-4-13-10)20-6-1-2-7-8(3-6)19-5-18-7/h1-4H,5H2. The fourth-order valence-electron chi connectivity index (χ4n) is 1.62. The molecule has 0 fully saturated rings. The highest BCUT2D eigenvalue weighted by atomic mass is 35.5. The fourth-order valence-corrected chi connectivity index (χ4v) is 1.82. The second kappa shape index (κ2) is 4.82. The maximum absolute atomic E-state index is 10.9. The minimum Gasteiger partial charge on any atom is -0.454 e. The number of ether oxygens (including phenoxy) is 3. The van der Waals surface area contributed by atoms with Gasteiger partial charge in [-0.3, -0.25) is 10.1 Å².